The molecular formula is C43H46F2N4O4. The first-order valence-corrected chi connectivity index (χ1v) is 18.2. The van der Waals surface area contributed by atoms with Crippen molar-refractivity contribution in [3.05, 3.63) is 142 Å². The lowest BCUT2D eigenvalue weighted by Crippen LogP contribution is -2.52. The summed E-state index contributed by atoms with van der Waals surface area (Å²) in [5, 5.41) is 2.92. The molecule has 0 radical (unpaired) electrons. The second kappa shape index (κ2) is 17.0. The van der Waals surface area contributed by atoms with E-state index in [9.17, 15) is 18.4 Å². The number of ether oxygens (including phenoxy) is 2. The van der Waals surface area contributed by atoms with Crippen LogP contribution in [0.1, 0.15) is 56.9 Å². The van der Waals surface area contributed by atoms with Gasteiger partial charge in [0.05, 0.1) is 24.3 Å². The minimum atomic E-state index is -1.11. The van der Waals surface area contributed by atoms with Gasteiger partial charge in [0.1, 0.15) is 12.4 Å². The number of hydrogen-bond acceptors (Lipinski definition) is 5. The van der Waals surface area contributed by atoms with Crippen molar-refractivity contribution in [3.63, 3.8) is 0 Å². The van der Waals surface area contributed by atoms with Crippen molar-refractivity contribution < 1.29 is 27.8 Å². The van der Waals surface area contributed by atoms with E-state index in [1.54, 1.807) is 53.8 Å². The van der Waals surface area contributed by atoms with Crippen molar-refractivity contribution in [2.45, 2.75) is 46.4 Å². The predicted molar refractivity (Wildman–Crippen MR) is 203 cm³/mol. The molecule has 1 saturated heterocycles. The lowest BCUT2D eigenvalue weighted by Gasteiger charge is -2.40. The highest BCUT2D eigenvalue weighted by atomic mass is 19.2. The van der Waals surface area contributed by atoms with Gasteiger partial charge in [0.2, 0.25) is 0 Å². The number of morpholine rings is 1. The summed E-state index contributed by atoms with van der Waals surface area (Å²) in [5.74, 6) is -2.29. The maximum absolute atomic E-state index is 15.0. The Hall–Kier alpha value is -5.32. The van der Waals surface area contributed by atoms with Crippen molar-refractivity contribution >= 4 is 17.5 Å². The minimum absolute atomic E-state index is 0.0407. The van der Waals surface area contributed by atoms with Gasteiger partial charge in [0.25, 0.3) is 11.8 Å². The van der Waals surface area contributed by atoms with Gasteiger partial charge in [-0.15, -0.1) is 0 Å². The van der Waals surface area contributed by atoms with Crippen LogP contribution in [0.5, 0.6) is 5.75 Å². The monoisotopic (exact) mass is 720 g/mol. The van der Waals surface area contributed by atoms with Crippen LogP contribution in [-0.4, -0.2) is 65.1 Å². The summed E-state index contributed by atoms with van der Waals surface area (Å²) in [7, 11) is 1.74. The summed E-state index contributed by atoms with van der Waals surface area (Å²) in [6.07, 6.45) is 0.645. The van der Waals surface area contributed by atoms with Crippen LogP contribution in [0.25, 0.3) is 11.3 Å². The molecule has 7 rings (SSSR count). The second-order valence-corrected chi connectivity index (χ2v) is 13.1. The quantitative estimate of drug-likeness (QED) is 0.167. The molecule has 3 heterocycles. The van der Waals surface area contributed by atoms with Crippen LogP contribution in [0.2, 0.25) is 0 Å². The molecule has 0 unspecified atom stereocenters. The van der Waals surface area contributed by atoms with Crippen LogP contribution in [0, 0.1) is 18.6 Å². The summed E-state index contributed by atoms with van der Waals surface area (Å²) >= 11 is 0. The fraction of sp³-hybridized carbons (Fsp3) is 0.302. The number of benzene rings is 4. The Balaban J connectivity index is 0.00000236. The first-order chi connectivity index (χ1) is 25.7. The standard InChI is InChI=1S/C41H40F2N4O4.C2H6/c1-27-34(40(48)44-31-12-14-33(15-13-31)51-26-28-8-4-3-5-9-28)23-39(45(27)2)35-21-37(42)38(43)22-36(35)41(49)47-24-30-11-7-6-10-29(30)20-32(47)25-46-16-18-50-19-17-46;1-2/h3-15,21-23,32H,16-20,24-26H2,1-2H3,(H,44,48);1-2H3/t32-;/m0./s1. The van der Waals surface area contributed by atoms with Crippen LogP contribution in [0.15, 0.2) is 97.1 Å². The van der Waals surface area contributed by atoms with Crippen LogP contribution in [0.3, 0.4) is 0 Å². The first kappa shape index (κ1) is 37.4. The number of amides is 2. The Morgan fingerprint density at radius 2 is 1.51 bits per heavy atom. The number of hydrogen-bond donors (Lipinski definition) is 1. The molecule has 2 aliphatic heterocycles. The second-order valence-electron chi connectivity index (χ2n) is 13.1. The van der Waals surface area contributed by atoms with Gasteiger partial charge in [-0.1, -0.05) is 68.4 Å². The highest BCUT2D eigenvalue weighted by molar-refractivity contribution is 6.07. The zero-order valence-electron chi connectivity index (χ0n) is 30.7. The Kier molecular flexibility index (Phi) is 12.0. The summed E-state index contributed by atoms with van der Waals surface area (Å²) < 4.78 is 43.1. The molecule has 4 aromatic carbocycles. The summed E-state index contributed by atoms with van der Waals surface area (Å²) in [4.78, 5) is 32.2. The number of nitrogens with one attached hydrogen (secondary N) is 1. The molecule has 2 amide bonds. The highest BCUT2D eigenvalue weighted by Crippen LogP contribution is 2.34. The molecule has 1 aromatic heterocycles. The fourth-order valence-corrected chi connectivity index (χ4v) is 6.92. The van der Waals surface area contributed by atoms with Crippen molar-refractivity contribution in [1.29, 1.82) is 0 Å². The molecule has 0 bridgehead atoms. The Morgan fingerprint density at radius 3 is 2.23 bits per heavy atom. The van der Waals surface area contributed by atoms with Crippen molar-refractivity contribution in [3.8, 4) is 17.0 Å². The van der Waals surface area contributed by atoms with Gasteiger partial charge in [0, 0.05) is 61.9 Å². The number of fused-ring (bicyclic) bond motifs is 1. The third-order valence-corrected chi connectivity index (χ3v) is 9.90. The van der Waals surface area contributed by atoms with E-state index in [4.69, 9.17) is 9.47 Å². The third kappa shape index (κ3) is 8.50. The van der Waals surface area contributed by atoms with Crippen LogP contribution < -0.4 is 10.1 Å². The van der Waals surface area contributed by atoms with Gasteiger partial charge in [0.15, 0.2) is 11.6 Å². The molecule has 1 N–H and O–H groups in total. The van der Waals surface area contributed by atoms with Crippen molar-refractivity contribution in [1.82, 2.24) is 14.4 Å². The van der Waals surface area contributed by atoms with Crippen molar-refractivity contribution in [2.75, 3.05) is 38.2 Å². The first-order valence-electron chi connectivity index (χ1n) is 18.2. The van der Waals surface area contributed by atoms with E-state index in [0.717, 1.165) is 36.3 Å². The van der Waals surface area contributed by atoms with E-state index < -0.39 is 17.5 Å². The minimum Gasteiger partial charge on any atom is -0.489 e. The fourth-order valence-electron chi connectivity index (χ4n) is 6.92. The van der Waals surface area contributed by atoms with Crippen molar-refractivity contribution in [2.24, 2.45) is 7.05 Å². The average Bonchev–Trinajstić information content (AvgIpc) is 3.49. The van der Waals surface area contributed by atoms with Gasteiger partial charge in [-0.3, -0.25) is 14.5 Å². The molecule has 10 heteroatoms. The van der Waals surface area contributed by atoms with E-state index in [1.807, 2.05) is 62.4 Å². The number of halogens is 2. The summed E-state index contributed by atoms with van der Waals surface area (Å²) in [6, 6.07) is 28.4. The molecule has 0 saturated carbocycles. The molecular weight excluding hydrogens is 674 g/mol. The van der Waals surface area contributed by atoms with E-state index in [0.29, 0.717) is 67.7 Å². The van der Waals surface area contributed by atoms with Crippen LogP contribution in [0.4, 0.5) is 14.5 Å². The lowest BCUT2D eigenvalue weighted by atomic mass is 9.92. The maximum atomic E-state index is 15.0. The molecule has 0 aliphatic carbocycles. The highest BCUT2D eigenvalue weighted by Gasteiger charge is 2.34. The molecule has 8 nitrogen and oxygen atoms in total. The summed E-state index contributed by atoms with van der Waals surface area (Å²) in [6.45, 7) is 9.96. The average molecular weight is 721 g/mol. The topological polar surface area (TPSA) is 76.0 Å². The molecule has 5 aromatic rings. The Labute approximate surface area is 309 Å². The van der Waals surface area contributed by atoms with E-state index in [1.165, 1.54) is 5.56 Å². The molecule has 0 spiro atoms. The molecule has 1 atom stereocenters. The number of rotatable bonds is 9. The largest absolute Gasteiger partial charge is 0.489 e. The van der Waals surface area contributed by atoms with Crippen LogP contribution >= 0.6 is 0 Å². The number of nitrogens with zero attached hydrogens (tertiary/aromatic N) is 3. The zero-order valence-corrected chi connectivity index (χ0v) is 30.7. The molecule has 276 valence electrons. The normalized spacial score (nSPS) is 15.6. The molecule has 2 aliphatic rings. The molecule has 53 heavy (non-hydrogen) atoms. The number of anilines is 1. The van der Waals surface area contributed by atoms with Gasteiger partial charge in [-0.25, -0.2) is 8.78 Å². The Bertz CT molecular complexity index is 2040. The van der Waals surface area contributed by atoms with Gasteiger partial charge in [-0.05, 0) is 72.5 Å². The van der Waals surface area contributed by atoms with Gasteiger partial charge in [-0.2, -0.15) is 0 Å². The van der Waals surface area contributed by atoms with E-state index in [2.05, 4.69) is 16.3 Å². The zero-order chi connectivity index (χ0) is 37.5. The third-order valence-electron chi connectivity index (χ3n) is 9.90. The SMILES string of the molecule is CC.Cc1c(C(=O)Nc2ccc(OCc3ccccc3)cc2)cc(-c2cc(F)c(F)cc2C(=O)N2Cc3ccccc3C[C@H]2CN2CCOCC2)n1C. The van der Waals surface area contributed by atoms with E-state index >= 15 is 0 Å². The smallest absolute Gasteiger partial charge is 0.257 e. The summed E-state index contributed by atoms with van der Waals surface area (Å²) in [5.41, 5.74) is 5.44. The molecule has 1 fully saturated rings. The number of carbonyl (C=O) groups excluding carboxylic acids is 2. The Morgan fingerprint density at radius 1 is 0.849 bits per heavy atom. The van der Waals surface area contributed by atoms with E-state index in [-0.39, 0.29) is 23.1 Å². The van der Waals surface area contributed by atoms with Gasteiger partial charge < -0.3 is 24.3 Å². The van der Waals surface area contributed by atoms with Gasteiger partial charge >= 0.3 is 0 Å². The van der Waals surface area contributed by atoms with Crippen LogP contribution in [-0.2, 0) is 31.4 Å². The number of aromatic nitrogens is 1. The number of carbonyl (C=O) groups is 2. The maximum Gasteiger partial charge on any atom is 0.257 e. The predicted octanol–water partition coefficient (Wildman–Crippen LogP) is 8.04. The lowest BCUT2D eigenvalue weighted by molar-refractivity contribution is 0.0193.